The maximum atomic E-state index is 13.1. The minimum atomic E-state index is -1.10. The number of hydrogen-bond acceptors (Lipinski definition) is 6. The first-order chi connectivity index (χ1) is 19.5. The molecule has 3 aliphatic carbocycles. The predicted octanol–water partition coefficient (Wildman–Crippen LogP) is 4.79. The van der Waals surface area contributed by atoms with Crippen LogP contribution in [-0.2, 0) is 18.3 Å². The molecule has 4 atom stereocenters. The first-order valence-corrected chi connectivity index (χ1v) is 14.4. The number of benzene rings is 3. The van der Waals surface area contributed by atoms with Gasteiger partial charge in [-0.15, -0.1) is 0 Å². The van der Waals surface area contributed by atoms with Crippen LogP contribution in [0, 0.1) is 5.92 Å². The molecule has 7 nitrogen and oxygen atoms in total. The zero-order valence-electron chi connectivity index (χ0n) is 22.0. The summed E-state index contributed by atoms with van der Waals surface area (Å²) in [6.07, 6.45) is 3.94. The molecule has 3 heterocycles. The third kappa shape index (κ3) is 2.79. The zero-order valence-corrected chi connectivity index (χ0v) is 22.0. The lowest BCUT2D eigenvalue weighted by molar-refractivity contribution is -0.173. The maximum absolute atomic E-state index is 13.1. The average molecular weight is 535 g/mol. The fraction of sp³-hybridized carbons (Fsp3) is 0.364. The second kappa shape index (κ2) is 7.68. The monoisotopic (exact) mass is 534 g/mol. The SMILES string of the molecule is O=C(Oc1cccc2[nH]c3c(c12)C[C@@]1(O)[C@H]2Cc4ccc(O)c5c4[C@@]1(CCN2CC1CC1)[C@@H]3O5)c1ccccc1. The van der Waals surface area contributed by atoms with Gasteiger partial charge in [0.1, 0.15) is 5.75 Å². The number of aliphatic hydroxyl groups is 1. The average Bonchev–Trinajstić information content (AvgIpc) is 3.59. The molecule has 0 unspecified atom stereocenters. The van der Waals surface area contributed by atoms with Gasteiger partial charge in [0.25, 0.3) is 0 Å². The molecule has 1 saturated heterocycles. The van der Waals surface area contributed by atoms with Crippen LogP contribution in [0.15, 0.2) is 60.7 Å². The minimum absolute atomic E-state index is 0.0620. The van der Waals surface area contributed by atoms with Crippen LogP contribution in [0.3, 0.4) is 0 Å². The van der Waals surface area contributed by atoms with Crippen LogP contribution in [0.2, 0.25) is 0 Å². The number of hydrogen-bond donors (Lipinski definition) is 3. The lowest BCUT2D eigenvalue weighted by atomic mass is 9.49. The molecule has 3 N–H and O–H groups in total. The van der Waals surface area contributed by atoms with E-state index in [1.807, 2.05) is 42.5 Å². The number of nitrogens with one attached hydrogen (secondary N) is 1. The van der Waals surface area contributed by atoms with Crippen molar-refractivity contribution in [3.63, 3.8) is 0 Å². The fourth-order valence-corrected chi connectivity index (χ4v) is 8.47. The van der Waals surface area contributed by atoms with Gasteiger partial charge in [0.15, 0.2) is 17.6 Å². The summed E-state index contributed by atoms with van der Waals surface area (Å²) in [5.74, 6) is 1.40. The van der Waals surface area contributed by atoms with Gasteiger partial charge in [-0.1, -0.05) is 30.3 Å². The van der Waals surface area contributed by atoms with Crippen LogP contribution in [0.4, 0.5) is 0 Å². The summed E-state index contributed by atoms with van der Waals surface area (Å²) in [5.41, 5.74) is 3.56. The van der Waals surface area contributed by atoms with E-state index in [-0.39, 0.29) is 11.8 Å². The highest BCUT2D eigenvalue weighted by atomic mass is 16.5. The van der Waals surface area contributed by atoms with E-state index in [4.69, 9.17) is 9.47 Å². The van der Waals surface area contributed by atoms with Gasteiger partial charge in [-0.2, -0.15) is 0 Å². The number of carbonyl (C=O) groups excluding carboxylic acids is 1. The Labute approximate surface area is 231 Å². The third-order valence-electron chi connectivity index (χ3n) is 10.4. The molecule has 1 saturated carbocycles. The molecule has 3 aromatic carbocycles. The van der Waals surface area contributed by atoms with Crippen molar-refractivity contribution in [1.29, 1.82) is 0 Å². The summed E-state index contributed by atoms with van der Waals surface area (Å²) in [6.45, 7) is 1.91. The standard InChI is InChI=1S/C33H30N2O5/c36-23-12-11-20-15-25-33(38)16-21-26-22(7-4-8-24(26)39-31(37)19-5-2-1-3-6-19)34-28(21)30-32(33,27(20)29(23)40-30)13-14-35(25)17-18-9-10-18/h1-8,11-12,18,25,30,34,36,38H,9-10,13-17H2/t25-,30-,32+,33-/m1/s1. The Morgan fingerprint density at radius 3 is 2.77 bits per heavy atom. The molecule has 9 rings (SSSR count). The highest BCUT2D eigenvalue weighted by molar-refractivity contribution is 5.97. The molecule has 7 heteroatoms. The summed E-state index contributed by atoms with van der Waals surface area (Å²) in [4.78, 5) is 19.2. The van der Waals surface area contributed by atoms with Crippen molar-refractivity contribution in [3.05, 3.63) is 88.6 Å². The molecule has 1 aromatic heterocycles. The van der Waals surface area contributed by atoms with E-state index in [1.165, 1.54) is 18.4 Å². The van der Waals surface area contributed by atoms with Crippen molar-refractivity contribution < 1.29 is 24.5 Å². The van der Waals surface area contributed by atoms with E-state index in [2.05, 4.69) is 9.88 Å². The van der Waals surface area contributed by atoms with E-state index in [0.717, 1.165) is 53.7 Å². The summed E-state index contributed by atoms with van der Waals surface area (Å²) in [7, 11) is 0. The molecular formula is C33H30N2O5. The Bertz CT molecular complexity index is 1730. The smallest absolute Gasteiger partial charge is 0.343 e. The van der Waals surface area contributed by atoms with Gasteiger partial charge < -0.3 is 24.7 Å². The Hall–Kier alpha value is -3.81. The molecule has 1 spiro atoms. The van der Waals surface area contributed by atoms with Crippen molar-refractivity contribution in [2.75, 3.05) is 13.1 Å². The first-order valence-electron chi connectivity index (χ1n) is 14.4. The van der Waals surface area contributed by atoms with Crippen LogP contribution in [0.5, 0.6) is 17.2 Å². The van der Waals surface area contributed by atoms with E-state index < -0.39 is 23.1 Å². The van der Waals surface area contributed by atoms with E-state index >= 15 is 0 Å². The Morgan fingerprint density at radius 1 is 1.10 bits per heavy atom. The quantitative estimate of drug-likeness (QED) is 0.257. The first kappa shape index (κ1) is 22.9. The predicted molar refractivity (Wildman–Crippen MR) is 148 cm³/mol. The number of aromatic nitrogens is 1. The number of aromatic hydroxyl groups is 1. The van der Waals surface area contributed by atoms with Crippen molar-refractivity contribution in [1.82, 2.24) is 9.88 Å². The summed E-state index contributed by atoms with van der Waals surface area (Å²) in [5, 5.41) is 24.8. The lowest BCUT2D eigenvalue weighted by Crippen LogP contribution is -2.74. The van der Waals surface area contributed by atoms with Gasteiger partial charge in [0.05, 0.1) is 22.3 Å². The van der Waals surface area contributed by atoms with Gasteiger partial charge in [-0.25, -0.2) is 4.79 Å². The molecule has 40 heavy (non-hydrogen) atoms. The van der Waals surface area contributed by atoms with Gasteiger partial charge in [0, 0.05) is 35.5 Å². The van der Waals surface area contributed by atoms with Crippen LogP contribution in [0.25, 0.3) is 10.9 Å². The number of H-pyrrole nitrogens is 1. The van der Waals surface area contributed by atoms with E-state index in [1.54, 1.807) is 18.2 Å². The number of aromatic amines is 1. The van der Waals surface area contributed by atoms with E-state index in [9.17, 15) is 15.0 Å². The molecule has 2 bridgehead atoms. The molecular weight excluding hydrogens is 504 g/mol. The number of nitrogens with zero attached hydrogens (tertiary/aromatic N) is 1. The number of piperidine rings is 1. The van der Waals surface area contributed by atoms with Crippen LogP contribution in [-0.4, -0.2) is 50.8 Å². The normalized spacial score (nSPS) is 29.5. The molecule has 2 aliphatic heterocycles. The molecule has 0 amide bonds. The van der Waals surface area contributed by atoms with Crippen molar-refractivity contribution in [2.45, 2.75) is 55.3 Å². The van der Waals surface area contributed by atoms with Gasteiger partial charge in [-0.3, -0.25) is 4.90 Å². The summed E-state index contributed by atoms with van der Waals surface area (Å²) in [6, 6.07) is 18.4. The number of fused-ring (bicyclic) bond motifs is 4. The molecule has 2 fully saturated rings. The zero-order chi connectivity index (χ0) is 26.8. The Morgan fingerprint density at radius 2 is 1.95 bits per heavy atom. The number of rotatable bonds is 4. The summed E-state index contributed by atoms with van der Waals surface area (Å²) >= 11 is 0. The number of likely N-dealkylation sites (tertiary alicyclic amines) is 1. The number of phenolic OH excluding ortho intramolecular Hbond substituents is 1. The molecule has 202 valence electrons. The minimum Gasteiger partial charge on any atom is -0.504 e. The van der Waals surface area contributed by atoms with Crippen molar-refractivity contribution in [2.24, 2.45) is 5.92 Å². The van der Waals surface area contributed by atoms with Crippen LogP contribution in [0.1, 0.15) is 58.1 Å². The number of carbonyl (C=O) groups is 1. The molecule has 0 radical (unpaired) electrons. The van der Waals surface area contributed by atoms with Gasteiger partial charge in [0.2, 0.25) is 0 Å². The van der Waals surface area contributed by atoms with Crippen LogP contribution < -0.4 is 9.47 Å². The third-order valence-corrected chi connectivity index (χ3v) is 10.4. The summed E-state index contributed by atoms with van der Waals surface area (Å²) < 4.78 is 12.7. The largest absolute Gasteiger partial charge is 0.504 e. The lowest BCUT2D eigenvalue weighted by Gasteiger charge is -2.62. The van der Waals surface area contributed by atoms with Gasteiger partial charge in [-0.05, 0) is 79.6 Å². The fourth-order valence-electron chi connectivity index (χ4n) is 8.47. The topological polar surface area (TPSA) is 95.0 Å². The highest BCUT2D eigenvalue weighted by Gasteiger charge is 2.73. The second-order valence-corrected chi connectivity index (χ2v) is 12.4. The van der Waals surface area contributed by atoms with E-state index in [0.29, 0.717) is 29.4 Å². The number of phenols is 1. The molecule has 4 aromatic rings. The van der Waals surface area contributed by atoms with Gasteiger partial charge >= 0.3 is 5.97 Å². The Balaban J connectivity index is 1.24. The molecule has 5 aliphatic rings. The van der Waals surface area contributed by atoms with Crippen LogP contribution >= 0.6 is 0 Å². The van der Waals surface area contributed by atoms with Crippen molar-refractivity contribution in [3.8, 4) is 17.2 Å². The Kier molecular flexibility index (Phi) is 4.41. The number of ether oxygens (including phenoxy) is 2. The second-order valence-electron chi connectivity index (χ2n) is 12.4. The maximum Gasteiger partial charge on any atom is 0.343 e. The highest BCUT2D eigenvalue weighted by Crippen LogP contribution is 2.69. The number of esters is 1. The van der Waals surface area contributed by atoms with Crippen molar-refractivity contribution >= 4 is 16.9 Å².